The fourth-order valence-electron chi connectivity index (χ4n) is 3.49. The Bertz CT molecular complexity index is 637. The minimum absolute atomic E-state index is 0.0314. The molecule has 0 bridgehead atoms. The number of hydrogen-bond acceptors (Lipinski definition) is 7. The molecule has 1 fully saturated rings. The van der Waals surface area contributed by atoms with Crippen LogP contribution in [0.25, 0.3) is 0 Å². The van der Waals surface area contributed by atoms with E-state index >= 15 is 0 Å². The molecule has 0 aromatic carbocycles. The van der Waals surface area contributed by atoms with Gasteiger partial charge >= 0.3 is 18.2 Å². The molecule has 1 N–H and O–H groups in total. The lowest BCUT2D eigenvalue weighted by atomic mass is 9.81. The standard InChI is InChI=1S/C21H35NO7S/c1-14(23)30-15-10-8-11-21(15,16(24)25)12-9-13-22(17(26)28-19(2,3)4)18(27)29-20(5,6)7/h15H,8-13H2,1-7H3,(H,24,25)/t15-,21-/m0/s1. The summed E-state index contributed by atoms with van der Waals surface area (Å²) in [6, 6.07) is 0. The van der Waals surface area contributed by atoms with Gasteiger partial charge in [-0.25, -0.2) is 14.5 Å². The lowest BCUT2D eigenvalue weighted by Crippen LogP contribution is -2.45. The molecule has 30 heavy (non-hydrogen) atoms. The van der Waals surface area contributed by atoms with Crippen molar-refractivity contribution in [2.24, 2.45) is 5.41 Å². The van der Waals surface area contributed by atoms with Crippen molar-refractivity contribution in [3.63, 3.8) is 0 Å². The van der Waals surface area contributed by atoms with Crippen LogP contribution in [-0.4, -0.2) is 56.3 Å². The van der Waals surface area contributed by atoms with E-state index in [2.05, 4.69) is 0 Å². The molecule has 172 valence electrons. The molecule has 1 aliphatic carbocycles. The van der Waals surface area contributed by atoms with Crippen LogP contribution in [0.1, 0.15) is 80.6 Å². The third kappa shape index (κ3) is 7.81. The van der Waals surface area contributed by atoms with Gasteiger partial charge in [0.05, 0.1) is 5.41 Å². The smallest absolute Gasteiger partial charge is 0.419 e. The van der Waals surface area contributed by atoms with Crippen LogP contribution in [0.4, 0.5) is 9.59 Å². The first kappa shape index (κ1) is 26.3. The summed E-state index contributed by atoms with van der Waals surface area (Å²) in [5, 5.41) is 9.48. The SMILES string of the molecule is CC(=O)S[C@H]1CCC[C@@]1(CCCN(C(=O)OC(C)(C)C)C(=O)OC(C)(C)C)C(=O)O. The molecule has 0 heterocycles. The van der Waals surface area contributed by atoms with Crippen LogP contribution in [0, 0.1) is 5.41 Å². The number of aliphatic carboxylic acids is 1. The second kappa shape index (κ2) is 10.0. The molecule has 1 saturated carbocycles. The van der Waals surface area contributed by atoms with Crippen molar-refractivity contribution in [2.75, 3.05) is 6.54 Å². The van der Waals surface area contributed by atoms with Gasteiger partial charge in [0.25, 0.3) is 0 Å². The van der Waals surface area contributed by atoms with E-state index in [4.69, 9.17) is 9.47 Å². The van der Waals surface area contributed by atoms with Crippen molar-refractivity contribution in [1.29, 1.82) is 0 Å². The highest BCUT2D eigenvalue weighted by atomic mass is 32.2. The summed E-state index contributed by atoms with van der Waals surface area (Å²) in [4.78, 5) is 49.7. The second-order valence-corrected chi connectivity index (χ2v) is 11.0. The Morgan fingerprint density at radius 2 is 1.53 bits per heavy atom. The van der Waals surface area contributed by atoms with E-state index in [1.54, 1.807) is 41.5 Å². The molecule has 1 aliphatic rings. The summed E-state index contributed by atoms with van der Waals surface area (Å²) in [7, 11) is 0. The normalized spacial score (nSPS) is 21.8. The molecule has 0 radical (unpaired) electrons. The van der Waals surface area contributed by atoms with Crippen molar-refractivity contribution >= 4 is 35.0 Å². The van der Waals surface area contributed by atoms with Gasteiger partial charge < -0.3 is 14.6 Å². The fourth-order valence-corrected chi connectivity index (χ4v) is 4.74. The number of amides is 2. The number of carboxylic acids is 1. The maximum Gasteiger partial charge on any atom is 0.419 e. The topological polar surface area (TPSA) is 110 Å². The maximum atomic E-state index is 12.6. The van der Waals surface area contributed by atoms with Crippen LogP contribution < -0.4 is 0 Å². The average Bonchev–Trinajstić information content (AvgIpc) is 2.91. The predicted molar refractivity (Wildman–Crippen MR) is 114 cm³/mol. The molecule has 9 heteroatoms. The Kier molecular flexibility index (Phi) is 8.78. The number of carboxylic acid groups (broad SMARTS) is 1. The summed E-state index contributed by atoms with van der Waals surface area (Å²) < 4.78 is 10.7. The highest BCUT2D eigenvalue weighted by Crippen LogP contribution is 2.48. The Balaban J connectivity index is 2.95. The van der Waals surface area contributed by atoms with Crippen LogP contribution in [0.3, 0.4) is 0 Å². The zero-order chi connectivity index (χ0) is 23.3. The first-order chi connectivity index (χ1) is 13.6. The molecule has 8 nitrogen and oxygen atoms in total. The number of rotatable bonds is 6. The van der Waals surface area contributed by atoms with Crippen molar-refractivity contribution in [1.82, 2.24) is 4.90 Å². The van der Waals surface area contributed by atoms with E-state index in [0.717, 1.165) is 23.1 Å². The average molecular weight is 446 g/mol. The summed E-state index contributed by atoms with van der Waals surface area (Å²) >= 11 is 1.07. The van der Waals surface area contributed by atoms with Crippen LogP contribution in [0.2, 0.25) is 0 Å². The predicted octanol–water partition coefficient (Wildman–Crippen LogP) is 4.84. The van der Waals surface area contributed by atoms with Crippen LogP contribution in [-0.2, 0) is 19.1 Å². The summed E-state index contributed by atoms with van der Waals surface area (Å²) in [6.07, 6.45) is 0.683. The highest BCUT2D eigenvalue weighted by Gasteiger charge is 2.49. The largest absolute Gasteiger partial charge is 0.481 e. The van der Waals surface area contributed by atoms with Crippen molar-refractivity contribution in [2.45, 2.75) is 97.0 Å². The first-order valence-corrected chi connectivity index (χ1v) is 11.1. The molecule has 2 atom stereocenters. The minimum atomic E-state index is -1.05. The lowest BCUT2D eigenvalue weighted by molar-refractivity contribution is -0.148. The van der Waals surface area contributed by atoms with Gasteiger partial charge in [0.15, 0.2) is 5.12 Å². The maximum absolute atomic E-state index is 12.6. The third-order valence-corrected chi connectivity index (χ3v) is 5.98. The summed E-state index contributed by atoms with van der Waals surface area (Å²) in [6.45, 7) is 11.6. The molecule has 0 aromatic heterocycles. The zero-order valence-electron chi connectivity index (χ0n) is 19.1. The minimum Gasteiger partial charge on any atom is -0.481 e. The number of carbonyl (C=O) groups excluding carboxylic acids is 3. The Morgan fingerprint density at radius 3 is 1.93 bits per heavy atom. The number of imide groups is 1. The Hall–Kier alpha value is -1.77. The molecular formula is C21H35NO7S. The molecule has 0 unspecified atom stereocenters. The van der Waals surface area contributed by atoms with E-state index in [1.807, 2.05) is 0 Å². The molecule has 0 aliphatic heterocycles. The Labute approximate surface area is 183 Å². The number of hydrogen-bond donors (Lipinski definition) is 1. The van der Waals surface area contributed by atoms with Gasteiger partial charge in [-0.15, -0.1) is 0 Å². The van der Waals surface area contributed by atoms with Gasteiger partial charge in [0.1, 0.15) is 11.2 Å². The van der Waals surface area contributed by atoms with Crippen LogP contribution in [0.15, 0.2) is 0 Å². The molecule has 0 aromatic rings. The molecular weight excluding hydrogens is 410 g/mol. The third-order valence-electron chi connectivity index (χ3n) is 4.67. The van der Waals surface area contributed by atoms with Crippen LogP contribution >= 0.6 is 11.8 Å². The number of nitrogens with zero attached hydrogens (tertiary/aromatic N) is 1. The fraction of sp³-hybridized carbons (Fsp3) is 0.810. The van der Waals surface area contributed by atoms with Gasteiger partial charge in [0.2, 0.25) is 0 Å². The van der Waals surface area contributed by atoms with Crippen molar-refractivity contribution in [3.05, 3.63) is 0 Å². The summed E-state index contributed by atoms with van der Waals surface area (Å²) in [5.74, 6) is -0.945. The van der Waals surface area contributed by atoms with E-state index < -0.39 is 34.8 Å². The van der Waals surface area contributed by atoms with E-state index in [9.17, 15) is 24.3 Å². The quantitative estimate of drug-likeness (QED) is 0.618. The molecule has 2 amide bonds. The molecule has 0 spiro atoms. The number of ether oxygens (including phenoxy) is 2. The summed E-state index contributed by atoms with van der Waals surface area (Å²) in [5.41, 5.74) is -2.65. The Morgan fingerprint density at radius 1 is 1.03 bits per heavy atom. The van der Waals surface area contributed by atoms with E-state index in [-0.39, 0.29) is 29.8 Å². The molecule has 0 saturated heterocycles. The monoisotopic (exact) mass is 445 g/mol. The van der Waals surface area contributed by atoms with E-state index in [0.29, 0.717) is 12.8 Å². The van der Waals surface area contributed by atoms with Crippen LogP contribution in [0.5, 0.6) is 0 Å². The van der Waals surface area contributed by atoms with Gasteiger partial charge in [0, 0.05) is 18.7 Å². The zero-order valence-corrected chi connectivity index (χ0v) is 19.9. The van der Waals surface area contributed by atoms with E-state index in [1.165, 1.54) is 6.92 Å². The van der Waals surface area contributed by atoms with Gasteiger partial charge in [-0.3, -0.25) is 9.59 Å². The number of thioether (sulfide) groups is 1. The van der Waals surface area contributed by atoms with Gasteiger partial charge in [-0.05, 0) is 67.2 Å². The van der Waals surface area contributed by atoms with Gasteiger partial charge in [-0.2, -0.15) is 0 Å². The van der Waals surface area contributed by atoms with Crippen molar-refractivity contribution in [3.8, 4) is 0 Å². The van der Waals surface area contributed by atoms with Crippen molar-refractivity contribution < 1.29 is 33.8 Å². The first-order valence-electron chi connectivity index (χ1n) is 10.2. The highest BCUT2D eigenvalue weighted by molar-refractivity contribution is 8.14. The lowest BCUT2D eigenvalue weighted by Gasteiger charge is -2.32. The number of carbonyl (C=O) groups is 4. The van der Waals surface area contributed by atoms with Gasteiger partial charge in [-0.1, -0.05) is 18.2 Å². The second-order valence-electron chi connectivity index (χ2n) is 9.67. The molecule has 1 rings (SSSR count).